The van der Waals surface area contributed by atoms with Crippen molar-refractivity contribution in [2.75, 3.05) is 6.54 Å². The van der Waals surface area contributed by atoms with Gasteiger partial charge < -0.3 is 4.90 Å². The minimum atomic E-state index is -4.36. The topological polar surface area (TPSA) is 20.3 Å². The Bertz CT molecular complexity index is 348. The molecule has 0 spiro atoms. The standard InChI is InChI=1S/C11H12F3NO/c1-9(16)15(8-11(12,13)14)7-10-5-3-2-4-6-10/h2-6H,7-8H2,1H3. The van der Waals surface area contributed by atoms with Crippen LogP contribution in [0, 0.1) is 0 Å². The highest BCUT2D eigenvalue weighted by molar-refractivity contribution is 5.73. The predicted molar refractivity (Wildman–Crippen MR) is 53.6 cm³/mol. The average Bonchev–Trinajstić information content (AvgIpc) is 2.16. The molecule has 0 aliphatic heterocycles. The van der Waals surface area contributed by atoms with Crippen molar-refractivity contribution in [1.29, 1.82) is 0 Å². The molecule has 0 saturated carbocycles. The van der Waals surface area contributed by atoms with E-state index in [1.54, 1.807) is 30.3 Å². The van der Waals surface area contributed by atoms with Gasteiger partial charge in [0.05, 0.1) is 0 Å². The molecule has 1 aromatic rings. The van der Waals surface area contributed by atoms with Gasteiger partial charge in [-0.05, 0) is 5.56 Å². The van der Waals surface area contributed by atoms with Gasteiger partial charge >= 0.3 is 6.18 Å². The van der Waals surface area contributed by atoms with E-state index in [-0.39, 0.29) is 6.54 Å². The van der Waals surface area contributed by atoms with E-state index in [0.717, 1.165) is 11.8 Å². The fourth-order valence-electron chi connectivity index (χ4n) is 1.30. The van der Waals surface area contributed by atoms with Gasteiger partial charge in [-0.15, -0.1) is 0 Å². The molecule has 0 heterocycles. The van der Waals surface area contributed by atoms with E-state index in [1.807, 2.05) is 0 Å². The summed E-state index contributed by atoms with van der Waals surface area (Å²) in [6, 6.07) is 8.59. The maximum atomic E-state index is 12.2. The molecule has 0 atom stereocenters. The molecule has 0 N–H and O–H groups in total. The number of hydrogen-bond donors (Lipinski definition) is 0. The normalized spacial score (nSPS) is 11.2. The van der Waals surface area contributed by atoms with Crippen LogP contribution in [0.5, 0.6) is 0 Å². The van der Waals surface area contributed by atoms with Crippen molar-refractivity contribution in [2.24, 2.45) is 0 Å². The Hall–Kier alpha value is -1.52. The van der Waals surface area contributed by atoms with Gasteiger partial charge in [-0.1, -0.05) is 30.3 Å². The predicted octanol–water partition coefficient (Wildman–Crippen LogP) is 2.60. The lowest BCUT2D eigenvalue weighted by molar-refractivity contribution is -0.161. The van der Waals surface area contributed by atoms with Crippen LogP contribution in [0.15, 0.2) is 30.3 Å². The first-order valence-electron chi connectivity index (χ1n) is 4.74. The van der Waals surface area contributed by atoms with Crippen LogP contribution < -0.4 is 0 Å². The highest BCUT2D eigenvalue weighted by Gasteiger charge is 2.31. The Kier molecular flexibility index (Phi) is 3.93. The average molecular weight is 231 g/mol. The van der Waals surface area contributed by atoms with Gasteiger partial charge in [0.1, 0.15) is 6.54 Å². The number of carbonyl (C=O) groups excluding carboxylic acids is 1. The fourth-order valence-corrected chi connectivity index (χ4v) is 1.30. The van der Waals surface area contributed by atoms with Crippen LogP contribution in [0.1, 0.15) is 12.5 Å². The zero-order valence-electron chi connectivity index (χ0n) is 8.79. The summed E-state index contributed by atoms with van der Waals surface area (Å²) >= 11 is 0. The number of nitrogens with zero attached hydrogens (tertiary/aromatic N) is 1. The minimum Gasteiger partial charge on any atom is -0.330 e. The zero-order valence-corrected chi connectivity index (χ0v) is 8.79. The van der Waals surface area contributed by atoms with E-state index in [2.05, 4.69) is 0 Å². The maximum Gasteiger partial charge on any atom is 0.406 e. The highest BCUT2D eigenvalue weighted by Crippen LogP contribution is 2.18. The van der Waals surface area contributed by atoms with Crippen molar-refractivity contribution in [1.82, 2.24) is 4.90 Å². The molecule has 2 nitrogen and oxygen atoms in total. The lowest BCUT2D eigenvalue weighted by Crippen LogP contribution is -2.37. The molecule has 1 aromatic carbocycles. The summed E-state index contributed by atoms with van der Waals surface area (Å²) < 4.78 is 36.5. The number of amides is 1. The summed E-state index contributed by atoms with van der Waals surface area (Å²) in [6.07, 6.45) is -4.36. The molecule has 5 heteroatoms. The third-order valence-corrected chi connectivity index (χ3v) is 2.03. The Labute approximate surface area is 91.7 Å². The molecule has 88 valence electrons. The van der Waals surface area contributed by atoms with Crippen molar-refractivity contribution in [3.8, 4) is 0 Å². The molecular weight excluding hydrogens is 219 g/mol. The second-order valence-corrected chi connectivity index (χ2v) is 3.48. The summed E-state index contributed by atoms with van der Waals surface area (Å²) in [5.74, 6) is -0.582. The first-order chi connectivity index (χ1) is 7.38. The Morgan fingerprint density at radius 2 is 1.81 bits per heavy atom. The molecule has 0 aliphatic carbocycles. The number of halogens is 3. The summed E-state index contributed by atoms with van der Waals surface area (Å²) in [6.45, 7) is -0.0956. The number of hydrogen-bond acceptors (Lipinski definition) is 1. The first-order valence-corrected chi connectivity index (χ1v) is 4.74. The van der Waals surface area contributed by atoms with Gasteiger partial charge in [0.2, 0.25) is 5.91 Å². The summed E-state index contributed by atoms with van der Waals surface area (Å²) in [5.41, 5.74) is 0.682. The molecule has 0 radical (unpaired) electrons. The molecule has 1 rings (SSSR count). The SMILES string of the molecule is CC(=O)N(Cc1ccccc1)CC(F)(F)F. The number of rotatable bonds is 3. The van der Waals surface area contributed by atoms with Gasteiger partial charge in [0.25, 0.3) is 0 Å². The molecular formula is C11H12F3NO. The van der Waals surface area contributed by atoms with Gasteiger partial charge in [-0.25, -0.2) is 0 Å². The summed E-state index contributed by atoms with van der Waals surface area (Å²) in [5, 5.41) is 0. The first kappa shape index (κ1) is 12.5. The van der Waals surface area contributed by atoms with Crippen LogP contribution >= 0.6 is 0 Å². The van der Waals surface area contributed by atoms with Crippen molar-refractivity contribution >= 4 is 5.91 Å². The van der Waals surface area contributed by atoms with Crippen LogP contribution in [0.25, 0.3) is 0 Å². The lowest BCUT2D eigenvalue weighted by Gasteiger charge is -2.22. The lowest BCUT2D eigenvalue weighted by atomic mass is 10.2. The monoisotopic (exact) mass is 231 g/mol. The van der Waals surface area contributed by atoms with Gasteiger partial charge in [0, 0.05) is 13.5 Å². The molecule has 0 unspecified atom stereocenters. The van der Waals surface area contributed by atoms with E-state index in [1.165, 1.54) is 0 Å². The van der Waals surface area contributed by atoms with Crippen molar-refractivity contribution in [2.45, 2.75) is 19.6 Å². The highest BCUT2D eigenvalue weighted by atomic mass is 19.4. The van der Waals surface area contributed by atoms with Crippen LogP contribution in [-0.2, 0) is 11.3 Å². The van der Waals surface area contributed by atoms with E-state index in [9.17, 15) is 18.0 Å². The number of carbonyl (C=O) groups is 1. The molecule has 0 aliphatic rings. The summed E-state index contributed by atoms with van der Waals surface area (Å²) in [7, 11) is 0. The van der Waals surface area contributed by atoms with Crippen LogP contribution in [0.4, 0.5) is 13.2 Å². The van der Waals surface area contributed by atoms with E-state index < -0.39 is 18.6 Å². The molecule has 0 bridgehead atoms. The van der Waals surface area contributed by atoms with Gasteiger partial charge in [-0.3, -0.25) is 4.79 Å². The van der Waals surface area contributed by atoms with Gasteiger partial charge in [-0.2, -0.15) is 13.2 Å². The molecule has 16 heavy (non-hydrogen) atoms. The number of alkyl halides is 3. The maximum absolute atomic E-state index is 12.2. The Morgan fingerprint density at radius 3 is 2.25 bits per heavy atom. The third kappa shape index (κ3) is 4.33. The van der Waals surface area contributed by atoms with Crippen molar-refractivity contribution < 1.29 is 18.0 Å². The van der Waals surface area contributed by atoms with Crippen molar-refractivity contribution in [3.63, 3.8) is 0 Å². The molecule has 0 aromatic heterocycles. The van der Waals surface area contributed by atoms with Crippen molar-refractivity contribution in [3.05, 3.63) is 35.9 Å². The second kappa shape index (κ2) is 5.01. The van der Waals surface area contributed by atoms with Crippen LogP contribution in [0.2, 0.25) is 0 Å². The third-order valence-electron chi connectivity index (χ3n) is 2.03. The smallest absolute Gasteiger partial charge is 0.330 e. The van der Waals surface area contributed by atoms with Crippen LogP contribution in [0.3, 0.4) is 0 Å². The van der Waals surface area contributed by atoms with E-state index >= 15 is 0 Å². The van der Waals surface area contributed by atoms with Crippen LogP contribution in [-0.4, -0.2) is 23.5 Å². The second-order valence-electron chi connectivity index (χ2n) is 3.48. The van der Waals surface area contributed by atoms with E-state index in [0.29, 0.717) is 5.56 Å². The molecule has 0 fully saturated rings. The van der Waals surface area contributed by atoms with E-state index in [4.69, 9.17) is 0 Å². The molecule has 1 amide bonds. The largest absolute Gasteiger partial charge is 0.406 e. The minimum absolute atomic E-state index is 0.0182. The Morgan fingerprint density at radius 1 is 1.25 bits per heavy atom. The fraction of sp³-hybridized carbons (Fsp3) is 0.364. The summed E-state index contributed by atoms with van der Waals surface area (Å²) in [4.78, 5) is 11.8. The number of benzene rings is 1. The Balaban J connectivity index is 2.70. The van der Waals surface area contributed by atoms with Gasteiger partial charge in [0.15, 0.2) is 0 Å². The molecule has 0 saturated heterocycles. The quantitative estimate of drug-likeness (QED) is 0.783. The zero-order chi connectivity index (χ0) is 12.2.